The average Bonchev–Trinajstić information content (AvgIpc) is 2.35. The lowest BCUT2D eigenvalue weighted by Gasteiger charge is -2.02. The van der Waals surface area contributed by atoms with Crippen molar-refractivity contribution in [2.24, 2.45) is 0 Å². The maximum absolute atomic E-state index is 11.4. The fourth-order valence-electron chi connectivity index (χ4n) is 0.987. The second-order valence-corrected chi connectivity index (χ2v) is 3.32. The van der Waals surface area contributed by atoms with E-state index in [9.17, 15) is 19.7 Å². The van der Waals surface area contributed by atoms with Crippen LogP contribution in [0.2, 0.25) is 0 Å². The van der Waals surface area contributed by atoms with Crippen LogP contribution in [-0.4, -0.2) is 29.2 Å². The van der Waals surface area contributed by atoms with Crippen LogP contribution in [0.5, 0.6) is 0 Å². The fourth-order valence-corrected chi connectivity index (χ4v) is 1.06. The van der Waals surface area contributed by atoms with Gasteiger partial charge in [0.25, 0.3) is 5.69 Å². The van der Waals surface area contributed by atoms with E-state index < -0.39 is 23.3 Å². The zero-order valence-electron chi connectivity index (χ0n) is 8.59. The molecule has 17 heavy (non-hydrogen) atoms. The highest BCUT2D eigenvalue weighted by Crippen LogP contribution is 2.12. The number of benzene rings is 1. The first-order valence-electron chi connectivity index (χ1n) is 4.54. The number of alkyl halides is 1. The molecule has 0 radical (unpaired) electrons. The van der Waals surface area contributed by atoms with E-state index in [1.165, 1.54) is 24.3 Å². The first-order valence-corrected chi connectivity index (χ1v) is 5.07. The van der Waals surface area contributed by atoms with Crippen LogP contribution >= 0.6 is 11.6 Å². The van der Waals surface area contributed by atoms with Crippen LogP contribution in [0.25, 0.3) is 0 Å². The number of non-ortho nitro benzene ring substituents is 1. The molecule has 0 saturated heterocycles. The molecule has 0 amide bonds. The van der Waals surface area contributed by atoms with Gasteiger partial charge in [-0.3, -0.25) is 14.9 Å². The van der Waals surface area contributed by atoms with Crippen molar-refractivity contribution in [3.05, 3.63) is 39.9 Å². The molecule has 1 aromatic rings. The molecule has 0 N–H and O–H groups in total. The number of esters is 1. The van der Waals surface area contributed by atoms with Crippen LogP contribution in [0.1, 0.15) is 10.4 Å². The molecule has 0 atom stereocenters. The predicted molar refractivity (Wildman–Crippen MR) is 59.1 cm³/mol. The lowest BCUT2D eigenvalue weighted by atomic mass is 10.2. The van der Waals surface area contributed by atoms with Crippen molar-refractivity contribution >= 4 is 29.0 Å². The molecule has 0 bridgehead atoms. The van der Waals surface area contributed by atoms with Crippen LogP contribution in [0.3, 0.4) is 0 Å². The van der Waals surface area contributed by atoms with Gasteiger partial charge in [-0.15, -0.1) is 11.6 Å². The monoisotopic (exact) mass is 257 g/mol. The van der Waals surface area contributed by atoms with Crippen LogP contribution in [0.4, 0.5) is 5.69 Å². The van der Waals surface area contributed by atoms with Gasteiger partial charge in [-0.05, 0) is 12.1 Å². The van der Waals surface area contributed by atoms with E-state index in [0.29, 0.717) is 0 Å². The van der Waals surface area contributed by atoms with Crippen LogP contribution in [0.15, 0.2) is 24.3 Å². The van der Waals surface area contributed by atoms with Crippen LogP contribution < -0.4 is 0 Å². The SMILES string of the molecule is O=C(CCl)COC(=O)c1ccc([N+](=O)[O-])cc1. The van der Waals surface area contributed by atoms with Gasteiger partial charge in [0, 0.05) is 12.1 Å². The van der Waals surface area contributed by atoms with E-state index in [1.807, 2.05) is 0 Å². The Bertz CT molecular complexity index is 443. The number of halogens is 1. The number of carbonyl (C=O) groups excluding carboxylic acids is 2. The summed E-state index contributed by atoms with van der Waals surface area (Å²) in [5.74, 6) is -1.37. The number of nitrogens with zero attached hydrogens (tertiary/aromatic N) is 1. The first-order chi connectivity index (χ1) is 8.04. The van der Waals surface area contributed by atoms with Crippen molar-refractivity contribution in [2.75, 3.05) is 12.5 Å². The lowest BCUT2D eigenvalue weighted by molar-refractivity contribution is -0.384. The Labute approximate surface area is 101 Å². The van der Waals surface area contributed by atoms with E-state index in [-0.39, 0.29) is 17.1 Å². The third kappa shape index (κ3) is 3.84. The Morgan fingerprint density at radius 2 is 1.88 bits per heavy atom. The summed E-state index contributed by atoms with van der Waals surface area (Å²) in [5.41, 5.74) is 0.0105. The summed E-state index contributed by atoms with van der Waals surface area (Å²) in [6.07, 6.45) is 0. The van der Waals surface area contributed by atoms with Crippen LogP contribution in [-0.2, 0) is 9.53 Å². The molecule has 0 heterocycles. The van der Waals surface area contributed by atoms with Gasteiger partial charge in [-0.25, -0.2) is 4.79 Å². The molecular weight excluding hydrogens is 250 g/mol. The molecule has 0 aromatic heterocycles. The number of nitro groups is 1. The molecule has 1 aromatic carbocycles. The van der Waals surface area contributed by atoms with Gasteiger partial charge in [0.15, 0.2) is 12.4 Å². The second kappa shape index (κ2) is 5.95. The largest absolute Gasteiger partial charge is 0.454 e. The first kappa shape index (κ1) is 13.1. The van der Waals surface area contributed by atoms with Gasteiger partial charge in [0.1, 0.15) is 0 Å². The Morgan fingerprint density at radius 1 is 1.29 bits per heavy atom. The molecule has 0 spiro atoms. The zero-order chi connectivity index (χ0) is 12.8. The van der Waals surface area contributed by atoms with E-state index >= 15 is 0 Å². The highest BCUT2D eigenvalue weighted by molar-refractivity contribution is 6.27. The van der Waals surface area contributed by atoms with Crippen molar-refractivity contribution in [1.82, 2.24) is 0 Å². The third-order valence-corrected chi connectivity index (χ3v) is 2.13. The summed E-state index contributed by atoms with van der Waals surface area (Å²) in [6, 6.07) is 4.87. The summed E-state index contributed by atoms with van der Waals surface area (Å²) in [4.78, 5) is 31.9. The Morgan fingerprint density at radius 3 is 2.35 bits per heavy atom. The van der Waals surface area contributed by atoms with Crippen molar-refractivity contribution < 1.29 is 19.2 Å². The number of ether oxygens (including phenoxy) is 1. The average molecular weight is 258 g/mol. The van der Waals surface area contributed by atoms with Crippen LogP contribution in [0, 0.1) is 10.1 Å². The molecule has 7 heteroatoms. The molecule has 0 aliphatic heterocycles. The van der Waals surface area contributed by atoms with E-state index in [2.05, 4.69) is 4.74 Å². The molecule has 0 fully saturated rings. The van der Waals surface area contributed by atoms with Crippen molar-refractivity contribution in [3.8, 4) is 0 Å². The third-order valence-electron chi connectivity index (χ3n) is 1.83. The molecule has 0 aliphatic carbocycles. The normalized spacial score (nSPS) is 9.71. The summed E-state index contributed by atoms with van der Waals surface area (Å²) in [5, 5.41) is 10.4. The topological polar surface area (TPSA) is 86.5 Å². The van der Waals surface area contributed by atoms with Gasteiger partial charge in [0.2, 0.25) is 0 Å². The summed E-state index contributed by atoms with van der Waals surface area (Å²) in [6.45, 7) is -0.403. The fraction of sp³-hybridized carbons (Fsp3) is 0.200. The number of hydrogen-bond acceptors (Lipinski definition) is 5. The molecule has 0 aliphatic rings. The van der Waals surface area contributed by atoms with Crippen molar-refractivity contribution in [1.29, 1.82) is 0 Å². The van der Waals surface area contributed by atoms with E-state index in [1.54, 1.807) is 0 Å². The standard InChI is InChI=1S/C10H8ClNO5/c11-5-9(13)6-17-10(14)7-1-3-8(4-2-7)12(15)16/h1-4H,5-6H2. The van der Waals surface area contributed by atoms with Gasteiger partial charge in [0.05, 0.1) is 16.4 Å². The molecule has 0 saturated carbocycles. The number of ketones is 1. The maximum Gasteiger partial charge on any atom is 0.338 e. The molecule has 0 unspecified atom stereocenters. The highest BCUT2D eigenvalue weighted by Gasteiger charge is 2.11. The van der Waals surface area contributed by atoms with Gasteiger partial charge < -0.3 is 4.74 Å². The molecule has 90 valence electrons. The number of hydrogen-bond donors (Lipinski definition) is 0. The Kier molecular flexibility index (Phi) is 4.59. The van der Waals surface area contributed by atoms with Crippen molar-refractivity contribution in [3.63, 3.8) is 0 Å². The Hall–Kier alpha value is -1.95. The molecule has 1 rings (SSSR count). The maximum atomic E-state index is 11.4. The van der Waals surface area contributed by atoms with Gasteiger partial charge in [-0.2, -0.15) is 0 Å². The number of rotatable bonds is 5. The minimum Gasteiger partial charge on any atom is -0.454 e. The van der Waals surface area contributed by atoms with Gasteiger partial charge >= 0.3 is 5.97 Å². The smallest absolute Gasteiger partial charge is 0.338 e. The van der Waals surface area contributed by atoms with E-state index in [4.69, 9.17) is 11.6 Å². The molecular formula is C10H8ClNO5. The quantitative estimate of drug-likeness (QED) is 0.346. The van der Waals surface area contributed by atoms with Gasteiger partial charge in [-0.1, -0.05) is 0 Å². The summed E-state index contributed by atoms with van der Waals surface area (Å²) >= 11 is 5.22. The lowest BCUT2D eigenvalue weighted by Crippen LogP contribution is -2.14. The minimum absolute atomic E-state index is 0.126. The minimum atomic E-state index is -0.724. The number of carbonyl (C=O) groups is 2. The highest BCUT2D eigenvalue weighted by atomic mass is 35.5. The summed E-state index contributed by atoms with van der Waals surface area (Å²) in [7, 11) is 0. The van der Waals surface area contributed by atoms with Crippen molar-refractivity contribution in [2.45, 2.75) is 0 Å². The number of nitro benzene ring substituents is 1. The zero-order valence-corrected chi connectivity index (χ0v) is 9.35. The second-order valence-electron chi connectivity index (χ2n) is 3.05. The Balaban J connectivity index is 2.64. The van der Waals surface area contributed by atoms with E-state index in [0.717, 1.165) is 0 Å². The summed E-state index contributed by atoms with van der Waals surface area (Å²) < 4.78 is 4.64. The predicted octanol–water partition coefficient (Wildman–Crippen LogP) is 1.56. The molecule has 6 nitrogen and oxygen atoms in total. The number of Topliss-reactive ketones (excluding diaryl/α,β-unsaturated/α-hetero) is 1.